The molecule has 1 heterocycles. The van der Waals surface area contributed by atoms with Gasteiger partial charge in [0.2, 0.25) is 0 Å². The van der Waals surface area contributed by atoms with Gasteiger partial charge in [-0.15, -0.1) is 0 Å². The Kier molecular flexibility index (Phi) is 1.47. The summed E-state index contributed by atoms with van der Waals surface area (Å²) in [5, 5.41) is 0. The van der Waals surface area contributed by atoms with Crippen LogP contribution in [0, 0.1) is 20.8 Å². The molecular formula is C7H6N2. The number of hydrogen-bond donors (Lipinski definition) is 0. The maximum atomic E-state index is 5.43. The number of nitrogens with zero attached hydrogens (tertiary/aromatic N) is 2. The highest BCUT2D eigenvalue weighted by Crippen LogP contribution is 2.03. The Hall–Kier alpha value is -0.920. The third-order valence-electron chi connectivity index (χ3n) is 1.11. The molecule has 2 nitrogen and oxygen atoms in total. The van der Waals surface area contributed by atoms with Crippen molar-refractivity contribution < 1.29 is 0 Å². The van der Waals surface area contributed by atoms with E-state index in [1.165, 1.54) is 6.33 Å². The highest BCUT2D eigenvalue weighted by Gasteiger charge is 1.95. The van der Waals surface area contributed by atoms with E-state index in [4.69, 9.17) is 13.8 Å². The van der Waals surface area contributed by atoms with Gasteiger partial charge in [0.25, 0.3) is 0 Å². The molecule has 2 heteroatoms. The molecule has 0 aliphatic rings. The molecule has 0 saturated heterocycles. The smallest absolute Gasteiger partial charge is 0.115 e. The van der Waals surface area contributed by atoms with Crippen LogP contribution in [-0.4, -0.2) is 9.97 Å². The summed E-state index contributed by atoms with van der Waals surface area (Å²) in [6.45, 7) is 12.6. The minimum absolute atomic E-state index is 0.350. The Morgan fingerprint density at radius 3 is 2.44 bits per heavy atom. The van der Waals surface area contributed by atoms with Gasteiger partial charge in [0.15, 0.2) is 0 Å². The molecular weight excluding hydrogens is 112 g/mol. The van der Waals surface area contributed by atoms with E-state index in [1.807, 2.05) is 0 Å². The highest BCUT2D eigenvalue weighted by atomic mass is 14.8. The monoisotopic (exact) mass is 118 g/mol. The molecule has 0 aliphatic carbocycles. The fraction of sp³-hybridized carbons (Fsp3) is 0.143. The Labute approximate surface area is 55.0 Å². The zero-order valence-electron chi connectivity index (χ0n) is 5.13. The van der Waals surface area contributed by atoms with Crippen molar-refractivity contribution in [2.24, 2.45) is 0 Å². The number of hydrogen-bond acceptors (Lipinski definition) is 2. The molecule has 0 spiro atoms. The first-order valence-corrected chi connectivity index (χ1v) is 2.54. The summed E-state index contributed by atoms with van der Waals surface area (Å²) < 4.78 is 0. The van der Waals surface area contributed by atoms with Crippen molar-refractivity contribution in [1.82, 2.24) is 9.97 Å². The van der Waals surface area contributed by atoms with Crippen LogP contribution in [0.25, 0.3) is 0 Å². The van der Waals surface area contributed by atoms with Crippen LogP contribution in [0.15, 0.2) is 6.33 Å². The van der Waals surface area contributed by atoms with Crippen LogP contribution in [0.1, 0.15) is 17.0 Å². The predicted molar refractivity (Wildman–Crippen MR) is 33.6 cm³/mol. The first-order valence-electron chi connectivity index (χ1n) is 2.54. The van der Waals surface area contributed by atoms with Crippen molar-refractivity contribution in [1.29, 1.82) is 0 Å². The summed E-state index contributed by atoms with van der Waals surface area (Å²) in [5.74, 6) is 0. The maximum absolute atomic E-state index is 5.43. The van der Waals surface area contributed by atoms with Crippen LogP contribution in [0.5, 0.6) is 0 Å². The Morgan fingerprint density at radius 1 is 1.33 bits per heavy atom. The molecule has 0 fully saturated rings. The molecule has 0 amide bonds. The quantitative estimate of drug-likeness (QED) is 0.506. The normalized spacial score (nSPS) is 9.67. The highest BCUT2D eigenvalue weighted by molar-refractivity contribution is 5.27. The molecule has 1 rings (SSSR count). The fourth-order valence-corrected chi connectivity index (χ4v) is 0.502. The Balaban J connectivity index is 3.25. The van der Waals surface area contributed by atoms with Crippen molar-refractivity contribution in [3.8, 4) is 0 Å². The van der Waals surface area contributed by atoms with Crippen LogP contribution in [0.2, 0.25) is 0 Å². The average Bonchev–Trinajstić information content (AvgIpc) is 1.83. The molecule has 0 saturated carbocycles. The largest absolute Gasteiger partial charge is 0.241 e. The standard InChI is InChI=1S/C7H6N2/c1-5-6(2)8-4-9-7(5)3/h1-2,4H,3H3. The van der Waals surface area contributed by atoms with Gasteiger partial charge in [0.1, 0.15) is 6.33 Å². The molecule has 1 aromatic heterocycles. The van der Waals surface area contributed by atoms with E-state index in [1.54, 1.807) is 6.92 Å². The summed E-state index contributed by atoms with van der Waals surface area (Å²) >= 11 is 0. The van der Waals surface area contributed by atoms with Crippen molar-refractivity contribution in [2.45, 2.75) is 6.92 Å². The van der Waals surface area contributed by atoms with Gasteiger partial charge in [-0.05, 0) is 12.5 Å². The summed E-state index contributed by atoms with van der Waals surface area (Å²) in [6.07, 6.45) is 1.39. The SMILES string of the molecule is [CH]c1ncnc(C)c1[CH]. The zero-order valence-corrected chi connectivity index (χ0v) is 5.13. The molecule has 0 unspecified atom stereocenters. The molecule has 0 aromatic carbocycles. The molecule has 44 valence electrons. The van der Waals surface area contributed by atoms with E-state index in [0.717, 1.165) is 5.69 Å². The van der Waals surface area contributed by atoms with Crippen LogP contribution in [0.4, 0.5) is 0 Å². The lowest BCUT2D eigenvalue weighted by Gasteiger charge is -1.97. The summed E-state index contributed by atoms with van der Waals surface area (Å²) in [4.78, 5) is 7.50. The van der Waals surface area contributed by atoms with E-state index in [9.17, 15) is 0 Å². The van der Waals surface area contributed by atoms with Crippen LogP contribution in [-0.2, 0) is 0 Å². The van der Waals surface area contributed by atoms with Gasteiger partial charge < -0.3 is 0 Å². The lowest BCUT2D eigenvalue weighted by Crippen LogP contribution is -1.92. The molecule has 1 aromatic rings. The summed E-state index contributed by atoms with van der Waals surface area (Å²) in [5.41, 5.74) is 1.54. The van der Waals surface area contributed by atoms with Gasteiger partial charge in [-0.2, -0.15) is 0 Å². The zero-order chi connectivity index (χ0) is 6.85. The maximum Gasteiger partial charge on any atom is 0.115 e. The van der Waals surface area contributed by atoms with E-state index in [2.05, 4.69) is 9.97 Å². The molecule has 0 atom stereocenters. The van der Waals surface area contributed by atoms with Crippen molar-refractivity contribution in [3.05, 3.63) is 37.1 Å². The lowest BCUT2D eigenvalue weighted by molar-refractivity contribution is 1.06. The van der Waals surface area contributed by atoms with Crippen LogP contribution >= 0.6 is 0 Å². The van der Waals surface area contributed by atoms with Crippen LogP contribution in [0.3, 0.4) is 0 Å². The van der Waals surface area contributed by atoms with Gasteiger partial charge in [-0.1, -0.05) is 0 Å². The predicted octanol–water partition coefficient (Wildman–Crippen LogP) is 0.903. The average molecular weight is 118 g/mol. The molecule has 9 heavy (non-hydrogen) atoms. The minimum atomic E-state index is 0.350. The second-order valence-electron chi connectivity index (χ2n) is 1.76. The second-order valence-corrected chi connectivity index (χ2v) is 1.76. The topological polar surface area (TPSA) is 25.8 Å². The van der Waals surface area contributed by atoms with Gasteiger partial charge in [0.05, 0.1) is 5.69 Å². The number of aryl methyl sites for hydroxylation is 1. The first-order chi connectivity index (χ1) is 4.22. The molecule has 0 bridgehead atoms. The summed E-state index contributed by atoms with van der Waals surface area (Å²) in [6, 6.07) is 0. The van der Waals surface area contributed by atoms with Gasteiger partial charge in [-0.3, -0.25) is 0 Å². The fourth-order valence-electron chi connectivity index (χ4n) is 0.502. The van der Waals surface area contributed by atoms with E-state index >= 15 is 0 Å². The van der Waals surface area contributed by atoms with Crippen LogP contribution < -0.4 is 0 Å². The first kappa shape index (κ1) is 6.20. The second kappa shape index (κ2) is 2.13. The van der Waals surface area contributed by atoms with Crippen molar-refractivity contribution in [3.63, 3.8) is 0 Å². The van der Waals surface area contributed by atoms with E-state index in [0.29, 0.717) is 11.3 Å². The van der Waals surface area contributed by atoms with Crippen molar-refractivity contribution >= 4 is 0 Å². The van der Waals surface area contributed by atoms with Gasteiger partial charge in [-0.25, -0.2) is 9.97 Å². The van der Waals surface area contributed by atoms with Gasteiger partial charge >= 0.3 is 0 Å². The van der Waals surface area contributed by atoms with E-state index < -0.39 is 0 Å². The summed E-state index contributed by atoms with van der Waals surface area (Å²) in [7, 11) is 0. The van der Waals surface area contributed by atoms with Gasteiger partial charge in [0, 0.05) is 19.5 Å². The molecule has 0 aliphatic heterocycles. The van der Waals surface area contributed by atoms with E-state index in [-0.39, 0.29) is 0 Å². The Bertz CT molecular complexity index is 198. The minimum Gasteiger partial charge on any atom is -0.241 e. The third-order valence-corrected chi connectivity index (χ3v) is 1.11. The third kappa shape index (κ3) is 1.07. The molecule has 0 N–H and O–H groups in total. The molecule has 4 radical (unpaired) electrons. The van der Waals surface area contributed by atoms with Crippen molar-refractivity contribution in [2.75, 3.05) is 0 Å². The number of rotatable bonds is 0. The Morgan fingerprint density at radius 2 is 2.00 bits per heavy atom. The number of aromatic nitrogens is 2. The lowest BCUT2D eigenvalue weighted by atomic mass is 10.2.